The van der Waals surface area contributed by atoms with Gasteiger partial charge in [0.1, 0.15) is 0 Å². The lowest BCUT2D eigenvalue weighted by molar-refractivity contribution is 0.0271. The van der Waals surface area contributed by atoms with E-state index < -0.39 is 5.60 Å². The quantitative estimate of drug-likeness (QED) is 0.870. The average Bonchev–Trinajstić information content (AvgIpc) is 2.59. The Labute approximate surface area is 98.8 Å². The van der Waals surface area contributed by atoms with E-state index in [4.69, 9.17) is 27.9 Å². The molecule has 1 aromatic rings. The lowest BCUT2D eigenvalue weighted by Crippen LogP contribution is -2.31. The zero-order valence-electron chi connectivity index (χ0n) is 8.17. The molecule has 2 rings (SSSR count). The molecule has 82 valence electrons. The van der Waals surface area contributed by atoms with E-state index in [2.05, 4.69) is 0 Å². The Balaban J connectivity index is 2.19. The molecule has 1 N–H and O–H groups in total. The number of benzene rings is 1. The lowest BCUT2D eigenvalue weighted by atomic mass is 9.94. The number of hydrogen-bond donors (Lipinski definition) is 1. The van der Waals surface area contributed by atoms with Crippen LogP contribution in [0.15, 0.2) is 18.2 Å². The summed E-state index contributed by atoms with van der Waals surface area (Å²) in [5.41, 5.74) is 0.0890. The van der Waals surface area contributed by atoms with Gasteiger partial charge in [0.25, 0.3) is 0 Å². The first-order valence-corrected chi connectivity index (χ1v) is 5.59. The molecular weight excluding hydrogens is 235 g/mol. The largest absolute Gasteiger partial charge is 0.387 e. The minimum absolute atomic E-state index is 0.371. The number of halogens is 2. The third kappa shape index (κ3) is 2.64. The third-order valence-electron chi connectivity index (χ3n) is 2.61. The van der Waals surface area contributed by atoms with Crippen molar-refractivity contribution in [3.8, 4) is 0 Å². The molecule has 1 saturated heterocycles. The summed E-state index contributed by atoms with van der Waals surface area (Å²) >= 11 is 11.9. The topological polar surface area (TPSA) is 29.5 Å². The second kappa shape index (κ2) is 4.30. The van der Waals surface area contributed by atoms with Crippen molar-refractivity contribution < 1.29 is 9.84 Å². The van der Waals surface area contributed by atoms with Crippen LogP contribution in [-0.2, 0) is 11.2 Å². The van der Waals surface area contributed by atoms with Crippen molar-refractivity contribution in [3.05, 3.63) is 33.8 Å². The van der Waals surface area contributed by atoms with E-state index >= 15 is 0 Å². The van der Waals surface area contributed by atoms with Crippen molar-refractivity contribution in [1.82, 2.24) is 0 Å². The average molecular weight is 247 g/mol. The van der Waals surface area contributed by atoms with Gasteiger partial charge < -0.3 is 9.84 Å². The second-order valence-electron chi connectivity index (χ2n) is 3.94. The highest BCUT2D eigenvalue weighted by molar-refractivity contribution is 6.33. The van der Waals surface area contributed by atoms with Crippen LogP contribution in [0, 0.1) is 0 Å². The van der Waals surface area contributed by atoms with Gasteiger partial charge in [-0.1, -0.05) is 23.2 Å². The first-order valence-electron chi connectivity index (χ1n) is 4.83. The molecule has 1 aliphatic rings. The standard InChI is InChI=1S/C11H12Cl2O2/c12-9-1-2-10(13)8(5-9)6-11(14)3-4-15-7-11/h1-2,5,14H,3-4,6-7H2. The second-order valence-corrected chi connectivity index (χ2v) is 4.78. The van der Waals surface area contributed by atoms with E-state index in [0.29, 0.717) is 36.1 Å². The van der Waals surface area contributed by atoms with Crippen LogP contribution in [0.3, 0.4) is 0 Å². The smallest absolute Gasteiger partial charge is 0.0942 e. The number of aliphatic hydroxyl groups is 1. The van der Waals surface area contributed by atoms with E-state index in [0.717, 1.165) is 5.56 Å². The molecule has 0 aliphatic carbocycles. The zero-order chi connectivity index (χ0) is 10.9. The molecule has 0 aromatic heterocycles. The molecule has 1 aromatic carbocycles. The maximum Gasteiger partial charge on any atom is 0.0942 e. The summed E-state index contributed by atoms with van der Waals surface area (Å²) < 4.78 is 5.18. The SMILES string of the molecule is OC1(Cc2cc(Cl)ccc2Cl)CCOC1. The maximum atomic E-state index is 10.1. The first-order chi connectivity index (χ1) is 7.09. The number of ether oxygens (including phenoxy) is 1. The van der Waals surface area contributed by atoms with Gasteiger partial charge in [-0.15, -0.1) is 0 Å². The summed E-state index contributed by atoms with van der Waals surface area (Å²) in [7, 11) is 0. The molecule has 0 spiro atoms. The van der Waals surface area contributed by atoms with Gasteiger partial charge in [-0.2, -0.15) is 0 Å². The first kappa shape index (κ1) is 11.2. The third-order valence-corrected chi connectivity index (χ3v) is 3.21. The van der Waals surface area contributed by atoms with Crippen molar-refractivity contribution in [2.24, 2.45) is 0 Å². The van der Waals surface area contributed by atoms with Gasteiger partial charge in [0.05, 0.1) is 12.2 Å². The fraction of sp³-hybridized carbons (Fsp3) is 0.455. The zero-order valence-corrected chi connectivity index (χ0v) is 9.68. The van der Waals surface area contributed by atoms with Crippen LogP contribution >= 0.6 is 23.2 Å². The van der Waals surface area contributed by atoms with Crippen LogP contribution in [0.25, 0.3) is 0 Å². The van der Waals surface area contributed by atoms with Gasteiger partial charge in [-0.05, 0) is 23.8 Å². The van der Waals surface area contributed by atoms with E-state index in [1.54, 1.807) is 18.2 Å². The molecule has 4 heteroatoms. The van der Waals surface area contributed by atoms with Gasteiger partial charge in [0.15, 0.2) is 0 Å². The van der Waals surface area contributed by atoms with E-state index in [1.807, 2.05) is 0 Å². The summed E-state index contributed by atoms with van der Waals surface area (Å²) in [6.07, 6.45) is 1.14. The van der Waals surface area contributed by atoms with Crippen molar-refractivity contribution >= 4 is 23.2 Å². The van der Waals surface area contributed by atoms with Crippen LogP contribution in [0.1, 0.15) is 12.0 Å². The lowest BCUT2D eigenvalue weighted by Gasteiger charge is -2.20. The summed E-state index contributed by atoms with van der Waals surface area (Å²) in [5.74, 6) is 0. The van der Waals surface area contributed by atoms with Crippen LogP contribution in [0.2, 0.25) is 10.0 Å². The van der Waals surface area contributed by atoms with Crippen LogP contribution < -0.4 is 0 Å². The fourth-order valence-electron chi connectivity index (χ4n) is 1.77. The number of rotatable bonds is 2. The predicted molar refractivity (Wildman–Crippen MR) is 60.6 cm³/mol. The molecule has 1 aliphatic heterocycles. The molecule has 1 heterocycles. The van der Waals surface area contributed by atoms with Crippen molar-refractivity contribution in [1.29, 1.82) is 0 Å². The molecule has 0 bridgehead atoms. The normalized spacial score (nSPS) is 25.8. The molecule has 0 amide bonds. The molecule has 1 atom stereocenters. The fourth-order valence-corrected chi connectivity index (χ4v) is 2.15. The molecule has 1 unspecified atom stereocenters. The Bertz CT molecular complexity index is 360. The van der Waals surface area contributed by atoms with Gasteiger partial charge in [0.2, 0.25) is 0 Å². The van der Waals surface area contributed by atoms with Gasteiger partial charge >= 0.3 is 0 Å². The highest BCUT2D eigenvalue weighted by Gasteiger charge is 2.32. The van der Waals surface area contributed by atoms with Crippen LogP contribution in [0.5, 0.6) is 0 Å². The van der Waals surface area contributed by atoms with E-state index in [9.17, 15) is 5.11 Å². The Kier molecular flexibility index (Phi) is 3.21. The van der Waals surface area contributed by atoms with Gasteiger partial charge in [0, 0.05) is 29.5 Å². The summed E-state index contributed by atoms with van der Waals surface area (Å²) in [6, 6.07) is 5.28. The molecule has 0 radical (unpaired) electrons. The summed E-state index contributed by atoms with van der Waals surface area (Å²) in [5, 5.41) is 11.4. The highest BCUT2D eigenvalue weighted by atomic mass is 35.5. The Morgan fingerprint density at radius 1 is 1.40 bits per heavy atom. The monoisotopic (exact) mass is 246 g/mol. The minimum atomic E-state index is -0.783. The van der Waals surface area contributed by atoms with Crippen LogP contribution in [0.4, 0.5) is 0 Å². The summed E-state index contributed by atoms with van der Waals surface area (Å²) in [6.45, 7) is 0.977. The highest BCUT2D eigenvalue weighted by Crippen LogP contribution is 2.28. The van der Waals surface area contributed by atoms with Crippen molar-refractivity contribution in [2.75, 3.05) is 13.2 Å². The van der Waals surface area contributed by atoms with Gasteiger partial charge in [-0.3, -0.25) is 0 Å². The molecule has 15 heavy (non-hydrogen) atoms. The van der Waals surface area contributed by atoms with Crippen LogP contribution in [-0.4, -0.2) is 23.9 Å². The summed E-state index contributed by atoms with van der Waals surface area (Å²) in [4.78, 5) is 0. The maximum absolute atomic E-state index is 10.1. The van der Waals surface area contributed by atoms with Crippen molar-refractivity contribution in [2.45, 2.75) is 18.4 Å². The molecule has 0 saturated carbocycles. The Morgan fingerprint density at radius 3 is 2.87 bits per heavy atom. The Hall–Kier alpha value is -0.280. The molecular formula is C11H12Cl2O2. The van der Waals surface area contributed by atoms with Crippen molar-refractivity contribution in [3.63, 3.8) is 0 Å². The Morgan fingerprint density at radius 2 is 2.20 bits per heavy atom. The molecule has 1 fully saturated rings. The van der Waals surface area contributed by atoms with Gasteiger partial charge in [-0.25, -0.2) is 0 Å². The van der Waals surface area contributed by atoms with E-state index in [1.165, 1.54) is 0 Å². The number of hydrogen-bond acceptors (Lipinski definition) is 2. The molecule has 2 nitrogen and oxygen atoms in total. The minimum Gasteiger partial charge on any atom is -0.387 e. The predicted octanol–water partition coefficient (Wildman–Crippen LogP) is 2.69. The van der Waals surface area contributed by atoms with E-state index in [-0.39, 0.29) is 0 Å².